The van der Waals surface area contributed by atoms with Crippen LogP contribution in [-0.4, -0.2) is 133 Å². The van der Waals surface area contributed by atoms with Gasteiger partial charge >= 0.3 is 30.1 Å². The summed E-state index contributed by atoms with van der Waals surface area (Å²) < 4.78 is 50.4. The number of aliphatic carboxylic acids is 1. The van der Waals surface area contributed by atoms with E-state index in [0.29, 0.717) is 92.6 Å². The van der Waals surface area contributed by atoms with Crippen LogP contribution in [0.25, 0.3) is 0 Å². The van der Waals surface area contributed by atoms with Gasteiger partial charge in [0.25, 0.3) is 0 Å². The maximum absolute atomic E-state index is 12.3. The number of ether oxygens (including phenoxy) is 3. The van der Waals surface area contributed by atoms with E-state index in [1.54, 1.807) is 121 Å². The van der Waals surface area contributed by atoms with Gasteiger partial charge in [0.15, 0.2) is 17.1 Å². The van der Waals surface area contributed by atoms with E-state index >= 15 is 0 Å². The highest BCUT2D eigenvalue weighted by molar-refractivity contribution is 6.44. The Hall–Kier alpha value is -8.87. The molecule has 0 saturated carbocycles. The number of nitrogens with zero attached hydrogens (tertiary/aromatic N) is 10. The first-order valence-electron chi connectivity index (χ1n) is 29.1. The number of methoxy groups -OCH3 is 2. The molecule has 24 nitrogen and oxygen atoms in total. The summed E-state index contributed by atoms with van der Waals surface area (Å²) in [4.78, 5) is 47.4. The van der Waals surface area contributed by atoms with Crippen molar-refractivity contribution in [3.8, 4) is 11.5 Å². The van der Waals surface area contributed by atoms with Crippen LogP contribution in [0.3, 0.4) is 0 Å². The van der Waals surface area contributed by atoms with E-state index in [0.717, 1.165) is 45.4 Å². The van der Waals surface area contributed by atoms with Gasteiger partial charge in [0.1, 0.15) is 17.2 Å². The Labute approximate surface area is 631 Å². The SMILES string of the molecule is CCOC(=O)c1nnn(Cc2ccc(OC)cc2)c1CNc1ccc(Cl)c(Cl)c1.CN(Cc1n[nH]nc1C(=O)O)c1ccc(Cl)c(Cl)c1.CNc1ccc(Cl)c(Cl)c1.COc1ccc(Cn2nnc(C(=O)O)c2CN(C)c2ccc(Cl)c(Cl)c2)cc1.Nc1ccc(Cl)c(Cl)c1.O=C(O)C(F)(F)F. The summed E-state index contributed by atoms with van der Waals surface area (Å²) in [5.74, 6) is -4.01. The lowest BCUT2D eigenvalue weighted by atomic mass is 10.2. The molecular weight excluding hydrogens is 1550 g/mol. The van der Waals surface area contributed by atoms with Gasteiger partial charge in [-0.1, -0.05) is 151 Å². The van der Waals surface area contributed by atoms with Gasteiger partial charge < -0.3 is 55.7 Å². The lowest BCUT2D eigenvalue weighted by Crippen LogP contribution is -2.21. The number of hydrogen-bond donors (Lipinski definition) is 7. The summed E-state index contributed by atoms with van der Waals surface area (Å²) in [5.41, 5.74) is 12.7. The van der Waals surface area contributed by atoms with Crippen LogP contribution < -0.4 is 35.6 Å². The minimum atomic E-state index is -5.08. The summed E-state index contributed by atoms with van der Waals surface area (Å²) in [6, 6.07) is 41.1. The summed E-state index contributed by atoms with van der Waals surface area (Å²) in [7, 11) is 8.67. The van der Waals surface area contributed by atoms with Crippen LogP contribution >= 0.6 is 116 Å². The predicted molar refractivity (Wildman–Crippen MR) is 392 cm³/mol. The van der Waals surface area contributed by atoms with Gasteiger partial charge in [0.05, 0.1) is 115 Å². The number of rotatable bonds is 20. The fourth-order valence-corrected chi connectivity index (χ4v) is 9.64. The number of carbonyl (C=O) groups is 4. The molecule has 3 aromatic heterocycles. The molecule has 0 spiro atoms. The number of carboxylic acids is 3. The van der Waals surface area contributed by atoms with Crippen LogP contribution in [0.4, 0.5) is 41.6 Å². The Balaban J connectivity index is 0.000000237. The second-order valence-corrected chi connectivity index (χ2v) is 24.5. The van der Waals surface area contributed by atoms with Crippen LogP contribution in [0.2, 0.25) is 50.2 Å². The van der Waals surface area contributed by atoms with E-state index in [1.165, 1.54) is 0 Å². The Morgan fingerprint density at radius 1 is 0.539 bits per heavy atom. The quantitative estimate of drug-likeness (QED) is 0.0275. The second-order valence-electron chi connectivity index (χ2n) is 20.5. The molecule has 10 rings (SSSR count). The maximum Gasteiger partial charge on any atom is 0.490 e. The number of aromatic amines is 1. The van der Waals surface area contributed by atoms with Crippen molar-refractivity contribution < 1.29 is 61.9 Å². The van der Waals surface area contributed by atoms with E-state index in [4.69, 9.17) is 151 Å². The van der Waals surface area contributed by atoms with E-state index in [2.05, 4.69) is 46.7 Å². The molecule has 7 aromatic carbocycles. The molecule has 0 unspecified atom stereocenters. The number of nitrogens with two attached hydrogens (primary N) is 1. The molecule has 0 radical (unpaired) electrons. The van der Waals surface area contributed by atoms with Crippen molar-refractivity contribution >= 4 is 168 Å². The van der Waals surface area contributed by atoms with Crippen LogP contribution in [0.15, 0.2) is 140 Å². The van der Waals surface area contributed by atoms with Crippen molar-refractivity contribution in [2.24, 2.45) is 0 Å². The highest BCUT2D eigenvalue weighted by Crippen LogP contribution is 2.31. The van der Waals surface area contributed by atoms with Crippen molar-refractivity contribution in [2.75, 3.05) is 68.1 Å². The average Bonchev–Trinajstić information content (AvgIpc) is 1.66. The number of H-pyrrole nitrogens is 1. The third-order valence-electron chi connectivity index (χ3n) is 13.4. The van der Waals surface area contributed by atoms with Crippen molar-refractivity contribution in [2.45, 2.75) is 45.8 Å². The average molecular weight is 1610 g/mol. The Morgan fingerprint density at radius 2 is 0.951 bits per heavy atom. The van der Waals surface area contributed by atoms with Gasteiger partial charge in [-0.25, -0.2) is 28.5 Å². The zero-order chi connectivity index (χ0) is 75.5. The molecule has 37 heteroatoms. The Bertz CT molecular complexity index is 4440. The number of hydrogen-bond acceptors (Lipinski definition) is 18. The number of nitrogen functional groups attached to an aromatic ring is 1. The number of alkyl halides is 3. The Morgan fingerprint density at radius 3 is 1.36 bits per heavy atom. The van der Waals surface area contributed by atoms with E-state index in [-0.39, 0.29) is 36.8 Å². The lowest BCUT2D eigenvalue weighted by molar-refractivity contribution is -0.192. The number of carbonyl (C=O) groups excluding carboxylic acids is 1. The number of halogens is 13. The number of aromatic carboxylic acids is 2. The van der Waals surface area contributed by atoms with Gasteiger partial charge in [-0.3, -0.25) is 0 Å². The molecule has 0 saturated heterocycles. The first-order chi connectivity index (χ1) is 48.3. The minimum Gasteiger partial charge on any atom is -0.497 e. The molecule has 3 heterocycles. The predicted octanol–water partition coefficient (Wildman–Crippen LogP) is 17.1. The van der Waals surface area contributed by atoms with Crippen LogP contribution in [0, 0.1) is 0 Å². The summed E-state index contributed by atoms with van der Waals surface area (Å²) in [6.45, 7) is 3.69. The van der Waals surface area contributed by atoms with Gasteiger partial charge in [0.2, 0.25) is 0 Å². The van der Waals surface area contributed by atoms with Crippen LogP contribution in [0.1, 0.15) is 66.6 Å². The number of nitrogens with one attached hydrogen (secondary N) is 3. The zero-order valence-corrected chi connectivity index (χ0v) is 61.7. The summed E-state index contributed by atoms with van der Waals surface area (Å²) in [6.07, 6.45) is -5.08. The molecule has 8 N–H and O–H groups in total. The van der Waals surface area contributed by atoms with Crippen LogP contribution in [-0.2, 0) is 42.3 Å². The molecule has 0 aliphatic heterocycles. The molecule has 542 valence electrons. The fraction of sp³-hybridized carbons (Fsp3) is 0.200. The maximum atomic E-state index is 12.3. The Kier molecular flexibility index (Phi) is 33.4. The summed E-state index contributed by atoms with van der Waals surface area (Å²) in [5, 5.41) is 62.4. The van der Waals surface area contributed by atoms with E-state index < -0.39 is 30.1 Å². The number of aromatic nitrogens is 9. The van der Waals surface area contributed by atoms with Gasteiger partial charge in [-0.05, 0) is 133 Å². The highest BCUT2D eigenvalue weighted by atomic mass is 35.5. The highest BCUT2D eigenvalue weighted by Gasteiger charge is 2.38. The molecule has 0 aliphatic rings. The lowest BCUT2D eigenvalue weighted by Gasteiger charge is -2.20. The zero-order valence-electron chi connectivity index (χ0n) is 54.2. The second kappa shape index (κ2) is 40.7. The molecule has 0 fully saturated rings. The van der Waals surface area contributed by atoms with Gasteiger partial charge in [-0.15, -0.1) is 15.3 Å². The van der Waals surface area contributed by atoms with E-state index in [1.807, 2.05) is 79.7 Å². The molecule has 0 amide bonds. The normalized spacial score (nSPS) is 10.5. The first-order valence-corrected chi connectivity index (χ1v) is 32.8. The molecule has 102 heavy (non-hydrogen) atoms. The number of benzene rings is 7. The number of anilines is 5. The molecular formula is C65H61Cl10F3N14O10. The van der Waals surface area contributed by atoms with Gasteiger partial charge in [0, 0.05) is 49.6 Å². The topological polar surface area (TPSA) is 316 Å². The van der Waals surface area contributed by atoms with Crippen LogP contribution in [0.5, 0.6) is 11.5 Å². The molecule has 10 aromatic rings. The fourth-order valence-electron chi connectivity index (χ4n) is 8.15. The third-order valence-corrected chi connectivity index (χ3v) is 17.1. The largest absolute Gasteiger partial charge is 0.497 e. The number of carboxylic acid groups (broad SMARTS) is 3. The molecule has 0 aliphatic carbocycles. The monoisotopic (exact) mass is 1600 g/mol. The van der Waals surface area contributed by atoms with Crippen molar-refractivity contribution in [1.29, 1.82) is 0 Å². The smallest absolute Gasteiger partial charge is 0.490 e. The summed E-state index contributed by atoms with van der Waals surface area (Å²) >= 11 is 58.5. The minimum absolute atomic E-state index is 0.0829. The standard InChI is InChI=1S/C20H20Cl2N4O3.C19H18Cl2N4O3.C11H10Cl2N4O2.C7H7Cl2N.C6H5Cl2N.C2HF3O2/c1-3-29-20(27)19-18(11-23-14-6-9-16(21)17(22)10-14)26(25-24-19)12-13-4-7-15(28-2)8-5-13;1-24(13-5-8-15(20)16(21)9-13)11-17-18(19(26)27)22-23-25(17)10-12-3-6-14(28-2)7-4-12;1-17(6-2-3-7(12)8(13)4-6)5-9-10(11(18)19)15-16-14-9;1-10-5-2-3-6(8)7(9)4-5;7-5-2-1-4(9)3-6(5)8;3-2(4,5)1(6)7/h4-10,23H,3,11-12H2,1-2H3;3-9H,10-11H2,1-2H3,(H,26,27);2-4H,5H2,1H3,(H,18,19)(H,14,15,16);2-4,10H,1H3;1-3H,9H2;(H,6,7). The first kappa shape index (κ1) is 83.8. The van der Waals surface area contributed by atoms with Crippen molar-refractivity contribution in [3.63, 3.8) is 0 Å². The van der Waals surface area contributed by atoms with Crippen molar-refractivity contribution in [1.82, 2.24) is 45.4 Å². The van der Waals surface area contributed by atoms with Gasteiger partial charge in [-0.2, -0.15) is 23.5 Å². The van der Waals surface area contributed by atoms with Crippen molar-refractivity contribution in [3.05, 3.63) is 235 Å². The van der Waals surface area contributed by atoms with E-state index in [9.17, 15) is 32.7 Å². The molecule has 0 atom stereocenters. The molecule has 0 bridgehead atoms. The third kappa shape index (κ3) is 26.2. The number of esters is 1.